The van der Waals surface area contributed by atoms with Gasteiger partial charge in [0.15, 0.2) is 5.71 Å². The van der Waals surface area contributed by atoms with Crippen LogP contribution in [0, 0.1) is 0 Å². The highest BCUT2D eigenvalue weighted by molar-refractivity contribution is 6.03. The lowest BCUT2D eigenvalue weighted by molar-refractivity contribution is -0.429. The first kappa shape index (κ1) is 17.4. The molecule has 1 fully saturated rings. The molecule has 0 unspecified atom stereocenters. The predicted molar refractivity (Wildman–Crippen MR) is 99.6 cm³/mol. The lowest BCUT2D eigenvalue weighted by atomic mass is 9.81. The van der Waals surface area contributed by atoms with Crippen molar-refractivity contribution in [3.63, 3.8) is 0 Å². The van der Waals surface area contributed by atoms with Crippen LogP contribution >= 0.6 is 0 Å². The highest BCUT2D eigenvalue weighted by Gasteiger charge is 2.45. The highest BCUT2D eigenvalue weighted by Crippen LogP contribution is 2.43. The van der Waals surface area contributed by atoms with Crippen LogP contribution in [0.1, 0.15) is 39.2 Å². The Morgan fingerprint density at radius 3 is 2.48 bits per heavy atom. The second kappa shape index (κ2) is 6.01. The van der Waals surface area contributed by atoms with Crippen LogP contribution in [0.25, 0.3) is 10.8 Å². The Bertz CT molecular complexity index is 1020. The molecule has 0 aromatic heterocycles. The number of rotatable bonds is 3. The van der Waals surface area contributed by atoms with Gasteiger partial charge < -0.3 is 4.84 Å². The molecule has 2 aliphatic rings. The zero-order chi connectivity index (χ0) is 19.3. The number of hydrogen-bond donors (Lipinski definition) is 0. The average Bonchev–Trinajstić information content (AvgIpc) is 3.05. The van der Waals surface area contributed by atoms with Gasteiger partial charge in [0.05, 0.1) is 10.8 Å². The van der Waals surface area contributed by atoms with Gasteiger partial charge in [-0.05, 0) is 25.3 Å². The van der Waals surface area contributed by atoms with Crippen molar-refractivity contribution in [1.29, 1.82) is 0 Å². The molecule has 0 atom stereocenters. The van der Waals surface area contributed by atoms with Crippen LogP contribution in [0.3, 0.4) is 0 Å². The summed E-state index contributed by atoms with van der Waals surface area (Å²) in [4.78, 5) is 41.0. The lowest BCUT2D eigenvalue weighted by Gasteiger charge is -2.15. The predicted octanol–water partition coefficient (Wildman–Crippen LogP) is 2.84. The summed E-state index contributed by atoms with van der Waals surface area (Å²) in [5.41, 5.74) is 2.90. The normalized spacial score (nSPS) is 18.4. The van der Waals surface area contributed by atoms with Crippen LogP contribution in [0.2, 0.25) is 0 Å². The fourth-order valence-corrected chi connectivity index (χ4v) is 3.87. The monoisotopic (exact) mass is 365 g/mol. The fourth-order valence-electron chi connectivity index (χ4n) is 3.87. The molecule has 6 nitrogen and oxygen atoms in total. The molecule has 138 valence electrons. The second-order valence-electron chi connectivity index (χ2n) is 7.52. The van der Waals surface area contributed by atoms with Crippen molar-refractivity contribution in [3.05, 3.63) is 42.0 Å². The summed E-state index contributed by atoms with van der Waals surface area (Å²) in [6.45, 7) is 6.17. The van der Waals surface area contributed by atoms with Crippen LogP contribution in [0.4, 0.5) is 5.69 Å². The molecule has 1 saturated heterocycles. The van der Waals surface area contributed by atoms with Gasteiger partial charge >= 0.3 is 5.97 Å². The van der Waals surface area contributed by atoms with Gasteiger partial charge in [0, 0.05) is 25.3 Å². The Morgan fingerprint density at radius 2 is 1.78 bits per heavy atom. The number of carbonyl (C=O) groups excluding carboxylic acids is 3. The zero-order valence-electron chi connectivity index (χ0n) is 15.6. The Morgan fingerprint density at radius 1 is 1.11 bits per heavy atom. The molecule has 4 rings (SSSR count). The van der Waals surface area contributed by atoms with Gasteiger partial charge in [-0.25, -0.2) is 4.79 Å². The van der Waals surface area contributed by atoms with E-state index in [2.05, 4.69) is 26.0 Å². The third-order valence-corrected chi connectivity index (χ3v) is 5.64. The van der Waals surface area contributed by atoms with E-state index >= 15 is 0 Å². The summed E-state index contributed by atoms with van der Waals surface area (Å²) >= 11 is 0. The number of hydrogen-bond acceptors (Lipinski definition) is 4. The molecule has 6 heteroatoms. The van der Waals surface area contributed by atoms with Crippen molar-refractivity contribution < 1.29 is 23.8 Å². The Hall–Kier alpha value is -3.02. The quantitative estimate of drug-likeness (QED) is 0.620. The maximum Gasteiger partial charge on any atom is 0.398 e. The number of benzene rings is 2. The molecule has 0 bridgehead atoms. The molecule has 0 spiro atoms. The maximum atomic E-state index is 12.5. The average molecular weight is 365 g/mol. The minimum atomic E-state index is -0.630. The lowest BCUT2D eigenvalue weighted by Crippen LogP contribution is -2.35. The van der Waals surface area contributed by atoms with E-state index in [9.17, 15) is 14.4 Å². The third-order valence-electron chi connectivity index (χ3n) is 5.64. The molecule has 0 radical (unpaired) electrons. The van der Waals surface area contributed by atoms with Crippen molar-refractivity contribution in [2.24, 2.45) is 0 Å². The second-order valence-corrected chi connectivity index (χ2v) is 7.52. The van der Waals surface area contributed by atoms with Crippen molar-refractivity contribution in [3.8, 4) is 0 Å². The van der Waals surface area contributed by atoms with Gasteiger partial charge in [-0.1, -0.05) is 30.3 Å². The van der Waals surface area contributed by atoms with Gasteiger partial charge in [-0.2, -0.15) is 4.58 Å². The molecule has 2 heterocycles. The van der Waals surface area contributed by atoms with Crippen LogP contribution in [-0.2, 0) is 24.6 Å². The van der Waals surface area contributed by atoms with Crippen molar-refractivity contribution >= 4 is 40.0 Å². The minimum Gasteiger partial charge on any atom is -0.324 e. The number of nitrogens with zero attached hydrogens (tertiary/aromatic N) is 2. The molecular formula is C21H21N2O4+. The highest BCUT2D eigenvalue weighted by atomic mass is 16.7. The van der Waals surface area contributed by atoms with Crippen molar-refractivity contribution in [1.82, 2.24) is 5.06 Å². The van der Waals surface area contributed by atoms with E-state index in [4.69, 9.17) is 4.84 Å². The summed E-state index contributed by atoms with van der Waals surface area (Å²) in [7, 11) is 0. The number of imide groups is 1. The number of amides is 2. The molecule has 27 heavy (non-hydrogen) atoms. The van der Waals surface area contributed by atoms with Crippen molar-refractivity contribution in [2.45, 2.75) is 39.0 Å². The van der Waals surface area contributed by atoms with E-state index in [0.717, 1.165) is 27.7 Å². The number of carbonyl (C=O) groups is 3. The van der Waals surface area contributed by atoms with Crippen LogP contribution in [0.5, 0.6) is 0 Å². The zero-order valence-corrected chi connectivity index (χ0v) is 15.6. The summed E-state index contributed by atoms with van der Waals surface area (Å²) in [6.07, 6.45) is 0.170. The molecule has 2 aromatic rings. The summed E-state index contributed by atoms with van der Waals surface area (Å²) in [5, 5.41) is 2.74. The minimum absolute atomic E-state index is 0.0622. The molecule has 2 aliphatic heterocycles. The molecule has 0 N–H and O–H groups in total. The summed E-state index contributed by atoms with van der Waals surface area (Å²) < 4.78 is 1.94. The van der Waals surface area contributed by atoms with Crippen LogP contribution in [0.15, 0.2) is 36.4 Å². The van der Waals surface area contributed by atoms with Crippen LogP contribution in [-0.4, -0.2) is 39.7 Å². The van der Waals surface area contributed by atoms with Gasteiger partial charge in [-0.3, -0.25) is 9.59 Å². The first-order valence-electron chi connectivity index (χ1n) is 9.01. The van der Waals surface area contributed by atoms with Crippen LogP contribution < -0.4 is 0 Å². The number of fused-ring (bicyclic) bond motifs is 3. The smallest absolute Gasteiger partial charge is 0.324 e. The topological polar surface area (TPSA) is 66.7 Å². The molecule has 2 amide bonds. The third kappa shape index (κ3) is 2.63. The van der Waals surface area contributed by atoms with E-state index in [0.29, 0.717) is 5.06 Å². The van der Waals surface area contributed by atoms with E-state index in [-0.39, 0.29) is 24.8 Å². The fraction of sp³-hybridized carbons (Fsp3) is 0.333. The van der Waals surface area contributed by atoms with Gasteiger partial charge in [0.25, 0.3) is 11.8 Å². The summed E-state index contributed by atoms with van der Waals surface area (Å²) in [5.74, 6) is -1.57. The largest absolute Gasteiger partial charge is 0.398 e. The summed E-state index contributed by atoms with van der Waals surface area (Å²) in [6, 6.07) is 12.2. The van der Waals surface area contributed by atoms with Gasteiger partial charge in [-0.15, -0.1) is 5.06 Å². The Balaban J connectivity index is 1.72. The number of hydroxylamine groups is 2. The van der Waals surface area contributed by atoms with E-state index < -0.39 is 17.8 Å². The SMILES string of the molecule is CC1=[N+](CC(=O)ON2C(=O)CCC2=O)c2c(ccc3ccccc23)C1(C)C. The van der Waals surface area contributed by atoms with Crippen molar-refractivity contribution in [2.75, 3.05) is 6.54 Å². The Kier molecular flexibility index (Phi) is 3.87. The standard InChI is InChI=1S/C21H21N2O4/c1-13-21(2,3)16-9-8-14-6-4-5-7-15(14)20(16)22(13)12-19(26)27-23-17(24)10-11-18(23)25/h4-9H,10-12H2,1-3H3/q+1. The molecule has 0 aliphatic carbocycles. The van der Waals surface area contributed by atoms with Gasteiger partial charge in [0.2, 0.25) is 12.2 Å². The van der Waals surface area contributed by atoms with E-state index in [1.165, 1.54) is 0 Å². The Labute approximate surface area is 157 Å². The van der Waals surface area contributed by atoms with E-state index in [1.54, 1.807) is 0 Å². The maximum absolute atomic E-state index is 12.5. The van der Waals surface area contributed by atoms with E-state index in [1.807, 2.05) is 35.8 Å². The molecule has 0 saturated carbocycles. The molecule has 2 aromatic carbocycles. The first-order valence-corrected chi connectivity index (χ1v) is 9.01. The first-order chi connectivity index (χ1) is 12.8. The van der Waals surface area contributed by atoms with Gasteiger partial charge in [0.1, 0.15) is 0 Å². The molecular weight excluding hydrogens is 344 g/mol.